The fourth-order valence-electron chi connectivity index (χ4n) is 3.43. The van der Waals surface area contributed by atoms with Gasteiger partial charge in [0.15, 0.2) is 0 Å². The molecule has 3 aromatic rings. The Morgan fingerprint density at radius 2 is 1.80 bits per heavy atom. The average molecular weight is 409 g/mol. The lowest BCUT2D eigenvalue weighted by atomic mass is 9.78. The Balaban J connectivity index is 1.65. The van der Waals surface area contributed by atoms with Gasteiger partial charge in [-0.3, -0.25) is 4.79 Å². The molecule has 4 rings (SSSR count). The number of hydrogen-bond donors (Lipinski definition) is 1. The summed E-state index contributed by atoms with van der Waals surface area (Å²) < 4.78 is 28.4. The van der Waals surface area contributed by atoms with E-state index < -0.39 is 24.1 Å². The molecule has 0 saturated carbocycles. The summed E-state index contributed by atoms with van der Waals surface area (Å²) in [4.78, 5) is 12.9. The molecule has 1 aliphatic rings. The minimum Gasteiger partial charge on any atom is -0.399 e. The molecule has 1 fully saturated rings. The SMILES string of the molecule is Cc1ccc2c(C(=O)Nc3cc(B4OC(C)(C)C(C)(C)O4)c(F)cc3C)cnn2c1. The second-order valence-electron chi connectivity index (χ2n) is 8.83. The van der Waals surface area contributed by atoms with Crippen LogP contribution in [0.2, 0.25) is 0 Å². The minimum atomic E-state index is -0.855. The maximum absolute atomic E-state index is 14.8. The van der Waals surface area contributed by atoms with Crippen LogP contribution in [0.3, 0.4) is 0 Å². The summed E-state index contributed by atoms with van der Waals surface area (Å²) >= 11 is 0. The van der Waals surface area contributed by atoms with Crippen LogP contribution in [0.15, 0.2) is 36.7 Å². The Kier molecular flexibility index (Phi) is 4.75. The van der Waals surface area contributed by atoms with Crippen molar-refractivity contribution in [2.24, 2.45) is 0 Å². The number of fused-ring (bicyclic) bond motifs is 1. The molecule has 1 saturated heterocycles. The van der Waals surface area contributed by atoms with Crippen molar-refractivity contribution in [3.63, 3.8) is 0 Å². The molecule has 156 valence electrons. The number of anilines is 1. The molecule has 0 spiro atoms. The molecule has 30 heavy (non-hydrogen) atoms. The highest BCUT2D eigenvalue weighted by molar-refractivity contribution is 6.62. The van der Waals surface area contributed by atoms with Gasteiger partial charge in [0.05, 0.1) is 28.5 Å². The third-order valence-electron chi connectivity index (χ3n) is 6.01. The molecule has 1 N–H and O–H groups in total. The number of benzene rings is 1. The second kappa shape index (κ2) is 6.92. The Labute approximate surface area is 175 Å². The average Bonchev–Trinajstić information content (AvgIpc) is 3.14. The predicted molar refractivity (Wildman–Crippen MR) is 115 cm³/mol. The molecule has 0 unspecified atom stereocenters. The van der Waals surface area contributed by atoms with Crippen LogP contribution in [0.4, 0.5) is 10.1 Å². The smallest absolute Gasteiger partial charge is 0.399 e. The van der Waals surface area contributed by atoms with Crippen LogP contribution >= 0.6 is 0 Å². The lowest BCUT2D eigenvalue weighted by molar-refractivity contribution is 0.00578. The van der Waals surface area contributed by atoms with Crippen LogP contribution < -0.4 is 10.8 Å². The maximum atomic E-state index is 14.8. The highest BCUT2D eigenvalue weighted by Gasteiger charge is 2.52. The standard InChI is InChI=1S/C22H25BFN3O3/c1-13-7-8-19-15(11-25-27(19)12-13)20(28)26-18-10-16(17(24)9-14(18)2)23-29-21(3,4)22(5,6)30-23/h7-12H,1-6H3,(H,26,28). The first kappa shape index (κ1) is 20.6. The molecule has 3 heterocycles. The van der Waals surface area contributed by atoms with Gasteiger partial charge in [0.1, 0.15) is 5.82 Å². The van der Waals surface area contributed by atoms with Crippen molar-refractivity contribution >= 4 is 29.7 Å². The number of pyridine rings is 1. The molecule has 0 radical (unpaired) electrons. The number of carbonyl (C=O) groups excluding carboxylic acids is 1. The van der Waals surface area contributed by atoms with Gasteiger partial charge in [-0.25, -0.2) is 8.91 Å². The van der Waals surface area contributed by atoms with E-state index in [0.29, 0.717) is 22.3 Å². The van der Waals surface area contributed by atoms with Crippen molar-refractivity contribution in [1.82, 2.24) is 9.61 Å². The summed E-state index contributed by atoms with van der Waals surface area (Å²) in [5.74, 6) is -0.751. The monoisotopic (exact) mass is 409 g/mol. The second-order valence-corrected chi connectivity index (χ2v) is 8.83. The molecule has 6 nitrogen and oxygen atoms in total. The minimum absolute atomic E-state index is 0.255. The number of nitrogens with zero attached hydrogens (tertiary/aromatic N) is 2. The third-order valence-corrected chi connectivity index (χ3v) is 6.01. The quantitative estimate of drug-likeness (QED) is 0.671. The molecule has 2 aromatic heterocycles. The van der Waals surface area contributed by atoms with E-state index in [1.807, 2.05) is 52.9 Å². The molecule has 0 atom stereocenters. The van der Waals surface area contributed by atoms with Gasteiger partial charge in [-0.15, -0.1) is 0 Å². The van der Waals surface area contributed by atoms with E-state index in [1.165, 1.54) is 12.3 Å². The molecule has 0 aliphatic carbocycles. The number of rotatable bonds is 3. The number of halogens is 1. The molecule has 1 amide bonds. The van der Waals surface area contributed by atoms with Gasteiger partial charge < -0.3 is 14.6 Å². The number of nitrogens with one attached hydrogen (secondary N) is 1. The van der Waals surface area contributed by atoms with Gasteiger partial charge in [0.2, 0.25) is 0 Å². The van der Waals surface area contributed by atoms with Crippen LogP contribution in [0.5, 0.6) is 0 Å². The zero-order valence-corrected chi connectivity index (χ0v) is 18.0. The zero-order chi connectivity index (χ0) is 21.8. The van der Waals surface area contributed by atoms with Crippen molar-refractivity contribution < 1.29 is 18.5 Å². The highest BCUT2D eigenvalue weighted by Crippen LogP contribution is 2.37. The van der Waals surface area contributed by atoms with E-state index in [0.717, 1.165) is 5.56 Å². The van der Waals surface area contributed by atoms with E-state index >= 15 is 0 Å². The number of aryl methyl sites for hydroxylation is 2. The third kappa shape index (κ3) is 3.40. The summed E-state index contributed by atoms with van der Waals surface area (Å²) in [6.07, 6.45) is 3.38. The van der Waals surface area contributed by atoms with E-state index in [2.05, 4.69) is 10.4 Å². The van der Waals surface area contributed by atoms with Crippen molar-refractivity contribution in [3.05, 3.63) is 59.2 Å². The molecular weight excluding hydrogens is 384 g/mol. The summed E-state index contributed by atoms with van der Waals surface area (Å²) in [5.41, 5.74) is 2.36. The molecule has 0 bridgehead atoms. The van der Waals surface area contributed by atoms with Crippen LogP contribution in [0, 0.1) is 19.7 Å². The van der Waals surface area contributed by atoms with Gasteiger partial charge in [0.25, 0.3) is 5.91 Å². The van der Waals surface area contributed by atoms with Gasteiger partial charge in [-0.2, -0.15) is 5.10 Å². The van der Waals surface area contributed by atoms with E-state index in [1.54, 1.807) is 17.5 Å². The Morgan fingerprint density at radius 1 is 1.13 bits per heavy atom. The van der Waals surface area contributed by atoms with Crippen molar-refractivity contribution in [3.8, 4) is 0 Å². The fourth-order valence-corrected chi connectivity index (χ4v) is 3.43. The molecule has 1 aliphatic heterocycles. The number of hydrogen-bond acceptors (Lipinski definition) is 4. The van der Waals surface area contributed by atoms with Crippen molar-refractivity contribution in [2.45, 2.75) is 52.7 Å². The van der Waals surface area contributed by atoms with Crippen LogP contribution in [0.1, 0.15) is 49.2 Å². The summed E-state index contributed by atoms with van der Waals surface area (Å²) in [6, 6.07) is 6.74. The summed E-state index contributed by atoms with van der Waals surface area (Å²) in [7, 11) is -0.855. The normalized spacial score (nSPS) is 17.5. The number of amides is 1. The van der Waals surface area contributed by atoms with Crippen molar-refractivity contribution in [1.29, 1.82) is 0 Å². The van der Waals surface area contributed by atoms with E-state index in [9.17, 15) is 9.18 Å². The lowest BCUT2D eigenvalue weighted by Crippen LogP contribution is -2.41. The Morgan fingerprint density at radius 3 is 2.47 bits per heavy atom. The van der Waals surface area contributed by atoms with Gasteiger partial charge in [-0.05, 0) is 70.9 Å². The zero-order valence-electron chi connectivity index (χ0n) is 18.0. The first-order valence-electron chi connectivity index (χ1n) is 9.89. The van der Waals surface area contributed by atoms with E-state index in [-0.39, 0.29) is 11.4 Å². The summed E-state index contributed by atoms with van der Waals surface area (Å²) in [5, 5.41) is 7.13. The van der Waals surface area contributed by atoms with Crippen LogP contribution in [-0.2, 0) is 9.31 Å². The topological polar surface area (TPSA) is 64.9 Å². The summed E-state index contributed by atoms with van der Waals surface area (Å²) in [6.45, 7) is 11.3. The van der Waals surface area contributed by atoms with Crippen LogP contribution in [0.25, 0.3) is 5.52 Å². The van der Waals surface area contributed by atoms with Gasteiger partial charge in [-0.1, -0.05) is 6.07 Å². The maximum Gasteiger partial charge on any atom is 0.497 e. The molecular formula is C22H25BFN3O3. The van der Waals surface area contributed by atoms with Gasteiger partial charge >= 0.3 is 7.12 Å². The number of aromatic nitrogens is 2. The molecule has 8 heteroatoms. The fraction of sp³-hybridized carbons (Fsp3) is 0.364. The highest BCUT2D eigenvalue weighted by atomic mass is 19.1. The first-order chi connectivity index (χ1) is 14.0. The first-order valence-corrected chi connectivity index (χ1v) is 9.89. The molecule has 1 aromatic carbocycles. The lowest BCUT2D eigenvalue weighted by Gasteiger charge is -2.32. The largest absolute Gasteiger partial charge is 0.497 e. The number of carbonyl (C=O) groups is 1. The Hall–Kier alpha value is -2.71. The van der Waals surface area contributed by atoms with E-state index in [4.69, 9.17) is 9.31 Å². The predicted octanol–water partition coefficient (Wildman–Crippen LogP) is 3.64. The van der Waals surface area contributed by atoms with Gasteiger partial charge in [0, 0.05) is 17.3 Å². The Bertz CT molecular complexity index is 1140. The van der Waals surface area contributed by atoms with Crippen molar-refractivity contribution in [2.75, 3.05) is 5.32 Å². The van der Waals surface area contributed by atoms with Crippen LogP contribution in [-0.4, -0.2) is 33.8 Å².